The summed E-state index contributed by atoms with van der Waals surface area (Å²) in [7, 11) is 0. The second-order valence-electron chi connectivity index (χ2n) is 6.04. The van der Waals surface area contributed by atoms with Gasteiger partial charge in [0, 0.05) is 18.3 Å². The third-order valence-electron chi connectivity index (χ3n) is 4.21. The largest absolute Gasteiger partial charge is 0.478 e. The topological polar surface area (TPSA) is 74.6 Å². The molecule has 106 valence electrons. The van der Waals surface area contributed by atoms with E-state index in [1.807, 2.05) is 0 Å². The van der Waals surface area contributed by atoms with Crippen LogP contribution in [0, 0.1) is 11.3 Å². The van der Waals surface area contributed by atoms with Gasteiger partial charge in [0.2, 0.25) is 0 Å². The van der Waals surface area contributed by atoms with E-state index in [1.54, 1.807) is 27.7 Å². The minimum atomic E-state index is -1.54. The fraction of sp³-hybridized carbons (Fsp3) is 0.600. The number of rotatable bonds is 3. The van der Waals surface area contributed by atoms with Gasteiger partial charge in [0.25, 0.3) is 0 Å². The molecule has 4 nitrogen and oxygen atoms in total. The number of Topliss-reactive ketones (excluding diaryl/α,β-unsaturated/α-hetero) is 1. The highest BCUT2D eigenvalue weighted by atomic mass is 16.4. The van der Waals surface area contributed by atoms with Crippen molar-refractivity contribution in [1.82, 2.24) is 0 Å². The molecule has 0 aromatic rings. The summed E-state index contributed by atoms with van der Waals surface area (Å²) >= 11 is 0. The monoisotopic (exact) mass is 266 g/mol. The standard InChI is InChI=1S/C15H22O4/c1-6-9(2)12(13(17)18)15(19)10(3)7-11(16)8-14(15,4)5/h6,10,19H,1,7-8H2,2-5H3,(H,17,18). The summed E-state index contributed by atoms with van der Waals surface area (Å²) in [6, 6.07) is 0. The maximum absolute atomic E-state index is 11.7. The Balaban J connectivity index is 3.53. The minimum absolute atomic E-state index is 0.0486. The predicted octanol–water partition coefficient (Wildman–Crippen LogP) is 2.33. The van der Waals surface area contributed by atoms with Crippen LogP contribution in [0.1, 0.15) is 40.5 Å². The van der Waals surface area contributed by atoms with Crippen molar-refractivity contribution in [2.24, 2.45) is 11.3 Å². The van der Waals surface area contributed by atoms with Gasteiger partial charge in [-0.05, 0) is 18.4 Å². The van der Waals surface area contributed by atoms with Crippen LogP contribution in [0.25, 0.3) is 0 Å². The van der Waals surface area contributed by atoms with Gasteiger partial charge in [0.15, 0.2) is 0 Å². The first-order chi connectivity index (χ1) is 8.57. The fourth-order valence-electron chi connectivity index (χ4n) is 3.18. The minimum Gasteiger partial charge on any atom is -0.478 e. The van der Waals surface area contributed by atoms with Gasteiger partial charge in [-0.25, -0.2) is 4.79 Å². The third kappa shape index (κ3) is 2.37. The molecular formula is C15H22O4. The average molecular weight is 266 g/mol. The van der Waals surface area contributed by atoms with E-state index >= 15 is 0 Å². The number of carboxylic acids is 1. The first-order valence-corrected chi connectivity index (χ1v) is 6.39. The number of allylic oxidation sites excluding steroid dienone is 2. The lowest BCUT2D eigenvalue weighted by Gasteiger charge is -2.50. The predicted molar refractivity (Wildman–Crippen MR) is 72.7 cm³/mol. The Morgan fingerprint density at radius 3 is 2.37 bits per heavy atom. The number of carbonyl (C=O) groups is 2. The lowest BCUT2D eigenvalue weighted by Crippen LogP contribution is -2.57. The van der Waals surface area contributed by atoms with Crippen LogP contribution in [0.3, 0.4) is 0 Å². The van der Waals surface area contributed by atoms with E-state index in [1.165, 1.54) is 6.08 Å². The summed E-state index contributed by atoms with van der Waals surface area (Å²) in [5.74, 6) is -1.54. The van der Waals surface area contributed by atoms with E-state index in [0.29, 0.717) is 5.57 Å². The Hall–Kier alpha value is -1.42. The van der Waals surface area contributed by atoms with Crippen LogP contribution < -0.4 is 0 Å². The number of carboxylic acid groups (broad SMARTS) is 1. The van der Waals surface area contributed by atoms with Crippen molar-refractivity contribution in [3.8, 4) is 0 Å². The molecule has 1 fully saturated rings. The molecule has 19 heavy (non-hydrogen) atoms. The zero-order valence-corrected chi connectivity index (χ0v) is 12.0. The number of aliphatic hydroxyl groups is 1. The SMILES string of the molecule is C=CC(C)=C(C(=O)O)C1(O)C(C)CC(=O)CC1(C)C. The van der Waals surface area contributed by atoms with Crippen molar-refractivity contribution in [2.75, 3.05) is 0 Å². The Morgan fingerprint density at radius 1 is 1.47 bits per heavy atom. The van der Waals surface area contributed by atoms with Crippen molar-refractivity contribution in [3.05, 3.63) is 23.8 Å². The van der Waals surface area contributed by atoms with Crippen LogP contribution in [0.5, 0.6) is 0 Å². The second-order valence-corrected chi connectivity index (χ2v) is 6.04. The van der Waals surface area contributed by atoms with Crippen molar-refractivity contribution >= 4 is 11.8 Å². The van der Waals surface area contributed by atoms with E-state index in [2.05, 4.69) is 6.58 Å². The third-order valence-corrected chi connectivity index (χ3v) is 4.21. The van der Waals surface area contributed by atoms with E-state index in [0.717, 1.165) is 0 Å². The summed E-state index contributed by atoms with van der Waals surface area (Å²) < 4.78 is 0. The van der Waals surface area contributed by atoms with Gasteiger partial charge >= 0.3 is 5.97 Å². The van der Waals surface area contributed by atoms with Crippen LogP contribution in [-0.4, -0.2) is 27.6 Å². The molecule has 0 radical (unpaired) electrons. The molecule has 4 heteroatoms. The summed E-state index contributed by atoms with van der Waals surface area (Å²) in [4.78, 5) is 23.3. The van der Waals surface area contributed by atoms with Gasteiger partial charge in [-0.1, -0.05) is 33.4 Å². The smallest absolute Gasteiger partial charge is 0.334 e. The van der Waals surface area contributed by atoms with Crippen LogP contribution in [0.15, 0.2) is 23.8 Å². The number of ketones is 1. The molecule has 1 saturated carbocycles. The van der Waals surface area contributed by atoms with Gasteiger partial charge in [0.05, 0.1) is 5.57 Å². The Bertz CT molecular complexity index is 459. The van der Waals surface area contributed by atoms with E-state index in [9.17, 15) is 19.8 Å². The summed E-state index contributed by atoms with van der Waals surface area (Å²) in [5, 5.41) is 20.5. The lowest BCUT2D eigenvalue weighted by molar-refractivity contribution is -0.154. The van der Waals surface area contributed by atoms with Crippen LogP contribution >= 0.6 is 0 Å². The number of carbonyl (C=O) groups excluding carboxylic acids is 1. The van der Waals surface area contributed by atoms with Crippen molar-refractivity contribution in [2.45, 2.75) is 46.1 Å². The highest BCUT2D eigenvalue weighted by Crippen LogP contribution is 2.50. The second kappa shape index (κ2) is 4.93. The summed E-state index contributed by atoms with van der Waals surface area (Å²) in [6.45, 7) is 10.4. The van der Waals surface area contributed by atoms with Gasteiger partial charge in [-0.2, -0.15) is 0 Å². The van der Waals surface area contributed by atoms with Crippen LogP contribution in [0.4, 0.5) is 0 Å². The molecule has 1 aliphatic rings. The average Bonchev–Trinajstić information content (AvgIpc) is 2.25. The quantitative estimate of drug-likeness (QED) is 0.607. The molecule has 0 spiro atoms. The van der Waals surface area contributed by atoms with Gasteiger partial charge in [-0.15, -0.1) is 0 Å². The van der Waals surface area contributed by atoms with Gasteiger partial charge in [0.1, 0.15) is 11.4 Å². The van der Waals surface area contributed by atoms with Gasteiger partial charge in [-0.3, -0.25) is 4.79 Å². The first-order valence-electron chi connectivity index (χ1n) is 6.39. The van der Waals surface area contributed by atoms with Gasteiger partial charge < -0.3 is 10.2 Å². The maximum atomic E-state index is 11.7. The first kappa shape index (κ1) is 15.6. The molecule has 0 aromatic carbocycles. The van der Waals surface area contributed by atoms with Crippen LogP contribution in [0.2, 0.25) is 0 Å². The summed E-state index contributed by atoms with van der Waals surface area (Å²) in [5.41, 5.74) is -1.97. The van der Waals surface area contributed by atoms with E-state index in [-0.39, 0.29) is 24.2 Å². The molecule has 2 unspecified atom stereocenters. The molecule has 2 atom stereocenters. The molecule has 1 aliphatic carbocycles. The van der Waals surface area contributed by atoms with Crippen molar-refractivity contribution in [1.29, 1.82) is 0 Å². The van der Waals surface area contributed by atoms with Crippen molar-refractivity contribution < 1.29 is 19.8 Å². The molecule has 0 aliphatic heterocycles. The summed E-state index contributed by atoms with van der Waals surface area (Å²) in [6.07, 6.45) is 1.80. The molecular weight excluding hydrogens is 244 g/mol. The van der Waals surface area contributed by atoms with E-state index in [4.69, 9.17) is 0 Å². The number of hydrogen-bond donors (Lipinski definition) is 2. The number of hydrogen-bond acceptors (Lipinski definition) is 3. The molecule has 2 N–H and O–H groups in total. The lowest BCUT2D eigenvalue weighted by atomic mass is 9.57. The van der Waals surface area contributed by atoms with Crippen molar-refractivity contribution in [3.63, 3.8) is 0 Å². The normalized spacial score (nSPS) is 31.6. The molecule has 0 bridgehead atoms. The zero-order chi connectivity index (χ0) is 15.0. The molecule has 0 heterocycles. The molecule has 0 amide bonds. The molecule has 1 rings (SSSR count). The Kier molecular flexibility index (Phi) is 4.06. The zero-order valence-electron chi connectivity index (χ0n) is 12.0. The highest BCUT2D eigenvalue weighted by molar-refractivity contribution is 5.92. The van der Waals surface area contributed by atoms with E-state index < -0.39 is 22.9 Å². The maximum Gasteiger partial charge on any atom is 0.334 e. The fourth-order valence-corrected chi connectivity index (χ4v) is 3.18. The number of aliphatic carboxylic acids is 1. The Morgan fingerprint density at radius 2 is 2.00 bits per heavy atom. The van der Waals surface area contributed by atoms with Crippen LogP contribution in [-0.2, 0) is 9.59 Å². The molecule has 0 aromatic heterocycles. The molecule has 0 saturated heterocycles. The highest BCUT2D eigenvalue weighted by Gasteiger charge is 2.56. The Labute approximate surface area is 113 Å².